The topological polar surface area (TPSA) is 123 Å². The van der Waals surface area contributed by atoms with Crippen LogP contribution < -0.4 is 11.1 Å². The Labute approximate surface area is 203 Å². The molecule has 180 valence electrons. The number of pyridine rings is 1. The first kappa shape index (κ1) is 22.9. The van der Waals surface area contributed by atoms with Crippen LogP contribution in [0.15, 0.2) is 54.9 Å². The standard InChI is InChI=1S/C26H28N6O3/c27-24(34)23(33)22(13-17-5-2-1-3-6-17)29-26(35)20-7-4-11-28-25(20)32-16-19-15-31(14-18-8-9-18)12-10-21(19)30-32/h1-7,11,16,18,22H,8-10,12-15H2,(H2,27,34)(H,29,35). The maximum absolute atomic E-state index is 13.3. The van der Waals surface area contributed by atoms with E-state index in [0.29, 0.717) is 5.82 Å². The number of primary amides is 1. The van der Waals surface area contributed by atoms with Crippen LogP contribution in [0.1, 0.15) is 40.0 Å². The van der Waals surface area contributed by atoms with Gasteiger partial charge in [-0.15, -0.1) is 0 Å². The van der Waals surface area contributed by atoms with Crippen LogP contribution in [0.2, 0.25) is 0 Å². The Bertz CT molecular complexity index is 1250. The number of hydrogen-bond donors (Lipinski definition) is 2. The quantitative estimate of drug-likeness (QED) is 0.454. The molecule has 9 nitrogen and oxygen atoms in total. The third-order valence-corrected chi connectivity index (χ3v) is 6.54. The molecule has 1 saturated carbocycles. The van der Waals surface area contributed by atoms with E-state index in [1.165, 1.54) is 12.8 Å². The Morgan fingerprint density at radius 2 is 1.91 bits per heavy atom. The van der Waals surface area contributed by atoms with Gasteiger partial charge in [-0.2, -0.15) is 5.10 Å². The summed E-state index contributed by atoms with van der Waals surface area (Å²) in [7, 11) is 0. The summed E-state index contributed by atoms with van der Waals surface area (Å²) in [5.74, 6) is -1.26. The van der Waals surface area contributed by atoms with Crippen molar-refractivity contribution in [3.63, 3.8) is 0 Å². The minimum absolute atomic E-state index is 0.150. The van der Waals surface area contributed by atoms with Crippen molar-refractivity contribution in [1.29, 1.82) is 0 Å². The third kappa shape index (κ3) is 5.30. The molecule has 1 unspecified atom stereocenters. The van der Waals surface area contributed by atoms with Crippen LogP contribution in [0.4, 0.5) is 0 Å². The highest BCUT2D eigenvalue weighted by atomic mass is 16.2. The number of rotatable bonds is 9. The van der Waals surface area contributed by atoms with E-state index in [0.717, 1.165) is 48.8 Å². The van der Waals surface area contributed by atoms with Gasteiger partial charge in [0.05, 0.1) is 11.3 Å². The van der Waals surface area contributed by atoms with Crippen molar-refractivity contribution in [2.24, 2.45) is 11.7 Å². The van der Waals surface area contributed by atoms with Gasteiger partial charge in [0, 0.05) is 50.4 Å². The summed E-state index contributed by atoms with van der Waals surface area (Å²) in [6.45, 7) is 2.94. The third-order valence-electron chi connectivity index (χ3n) is 6.54. The number of carbonyl (C=O) groups is 3. The molecule has 3 heterocycles. The lowest BCUT2D eigenvalue weighted by Gasteiger charge is -2.25. The fourth-order valence-electron chi connectivity index (χ4n) is 4.53. The molecule has 1 aliphatic carbocycles. The minimum atomic E-state index is -1.09. The van der Waals surface area contributed by atoms with E-state index >= 15 is 0 Å². The van der Waals surface area contributed by atoms with E-state index < -0.39 is 23.6 Å². The van der Waals surface area contributed by atoms with Gasteiger partial charge in [-0.05, 0) is 36.5 Å². The highest BCUT2D eigenvalue weighted by Crippen LogP contribution is 2.31. The van der Waals surface area contributed by atoms with Gasteiger partial charge in [-0.3, -0.25) is 19.3 Å². The number of hydrogen-bond acceptors (Lipinski definition) is 6. The van der Waals surface area contributed by atoms with Crippen LogP contribution in [0.25, 0.3) is 5.82 Å². The predicted molar refractivity (Wildman–Crippen MR) is 129 cm³/mol. The summed E-state index contributed by atoms with van der Waals surface area (Å²) in [5, 5.41) is 7.40. The monoisotopic (exact) mass is 472 g/mol. The van der Waals surface area contributed by atoms with Gasteiger partial charge in [0.2, 0.25) is 5.78 Å². The van der Waals surface area contributed by atoms with Crippen LogP contribution in [-0.4, -0.2) is 56.4 Å². The van der Waals surface area contributed by atoms with E-state index in [-0.39, 0.29) is 12.0 Å². The second-order valence-electron chi connectivity index (χ2n) is 9.29. The number of nitrogens with two attached hydrogens (primary N) is 1. The number of aromatic nitrogens is 3. The number of ketones is 1. The molecule has 35 heavy (non-hydrogen) atoms. The summed E-state index contributed by atoms with van der Waals surface area (Å²) in [5.41, 5.74) is 8.47. The Morgan fingerprint density at radius 3 is 2.66 bits per heavy atom. The molecule has 0 saturated heterocycles. The number of fused-ring (bicyclic) bond motifs is 1. The average Bonchev–Trinajstić information content (AvgIpc) is 3.58. The Kier molecular flexibility index (Phi) is 6.41. The number of nitrogens with zero attached hydrogens (tertiary/aromatic N) is 4. The molecule has 0 spiro atoms. The first-order chi connectivity index (χ1) is 17.0. The summed E-state index contributed by atoms with van der Waals surface area (Å²) in [4.78, 5) is 44.3. The molecule has 1 aliphatic heterocycles. The highest BCUT2D eigenvalue weighted by Gasteiger charge is 2.29. The first-order valence-corrected chi connectivity index (χ1v) is 11.9. The second kappa shape index (κ2) is 9.79. The lowest BCUT2D eigenvalue weighted by atomic mass is 10.0. The number of Topliss-reactive ketones (excluding diaryl/α,β-unsaturated/α-hetero) is 1. The fourth-order valence-corrected chi connectivity index (χ4v) is 4.53. The van der Waals surface area contributed by atoms with Gasteiger partial charge in [-0.1, -0.05) is 30.3 Å². The van der Waals surface area contributed by atoms with E-state index in [4.69, 9.17) is 10.8 Å². The Hall–Kier alpha value is -3.85. The van der Waals surface area contributed by atoms with Crippen molar-refractivity contribution >= 4 is 17.6 Å². The average molecular weight is 473 g/mol. The number of carbonyl (C=O) groups excluding carboxylic acids is 3. The van der Waals surface area contributed by atoms with Crippen molar-refractivity contribution in [2.45, 2.75) is 38.3 Å². The smallest absolute Gasteiger partial charge is 0.287 e. The van der Waals surface area contributed by atoms with E-state index in [9.17, 15) is 14.4 Å². The van der Waals surface area contributed by atoms with Gasteiger partial charge in [0.25, 0.3) is 11.8 Å². The molecule has 0 bridgehead atoms. The van der Waals surface area contributed by atoms with Gasteiger partial charge >= 0.3 is 0 Å². The molecule has 3 N–H and O–H groups in total. The van der Waals surface area contributed by atoms with Crippen molar-refractivity contribution in [3.05, 3.63) is 77.2 Å². The molecule has 2 amide bonds. The molecule has 5 rings (SSSR count). The molecule has 1 aromatic carbocycles. The van der Waals surface area contributed by atoms with Crippen LogP contribution in [0.5, 0.6) is 0 Å². The molecule has 2 aromatic heterocycles. The summed E-state index contributed by atoms with van der Waals surface area (Å²) < 4.78 is 1.64. The van der Waals surface area contributed by atoms with Crippen LogP contribution in [-0.2, 0) is 29.0 Å². The van der Waals surface area contributed by atoms with Gasteiger partial charge < -0.3 is 11.1 Å². The van der Waals surface area contributed by atoms with E-state index in [1.807, 2.05) is 36.5 Å². The normalized spacial score (nSPS) is 16.3. The summed E-state index contributed by atoms with van der Waals surface area (Å²) in [6, 6.07) is 11.4. The maximum atomic E-state index is 13.3. The predicted octanol–water partition coefficient (Wildman–Crippen LogP) is 1.43. The lowest BCUT2D eigenvalue weighted by molar-refractivity contribution is -0.137. The molecule has 1 atom stereocenters. The summed E-state index contributed by atoms with van der Waals surface area (Å²) in [6.07, 6.45) is 7.18. The maximum Gasteiger partial charge on any atom is 0.287 e. The molecule has 9 heteroatoms. The van der Waals surface area contributed by atoms with Crippen molar-refractivity contribution in [1.82, 2.24) is 25.0 Å². The largest absolute Gasteiger partial charge is 0.363 e. The van der Waals surface area contributed by atoms with Crippen molar-refractivity contribution in [2.75, 3.05) is 13.1 Å². The van der Waals surface area contributed by atoms with Crippen molar-refractivity contribution in [3.8, 4) is 5.82 Å². The Morgan fingerprint density at radius 1 is 1.11 bits per heavy atom. The molecule has 0 radical (unpaired) electrons. The van der Waals surface area contributed by atoms with E-state index in [1.54, 1.807) is 23.0 Å². The zero-order valence-corrected chi connectivity index (χ0v) is 19.4. The number of benzene rings is 1. The highest BCUT2D eigenvalue weighted by molar-refractivity contribution is 6.38. The zero-order chi connectivity index (χ0) is 24.4. The zero-order valence-electron chi connectivity index (χ0n) is 19.4. The van der Waals surface area contributed by atoms with Crippen LogP contribution in [0, 0.1) is 5.92 Å². The number of nitrogens with one attached hydrogen (secondary N) is 1. The minimum Gasteiger partial charge on any atom is -0.363 e. The van der Waals surface area contributed by atoms with Crippen LogP contribution in [0.3, 0.4) is 0 Å². The van der Waals surface area contributed by atoms with Gasteiger partial charge in [0.1, 0.15) is 6.04 Å². The van der Waals surface area contributed by atoms with Crippen LogP contribution >= 0.6 is 0 Å². The molecule has 3 aromatic rings. The molecular formula is C26H28N6O3. The first-order valence-electron chi connectivity index (χ1n) is 11.9. The van der Waals surface area contributed by atoms with Gasteiger partial charge in [-0.25, -0.2) is 9.67 Å². The lowest BCUT2D eigenvalue weighted by Crippen LogP contribution is -2.47. The second-order valence-corrected chi connectivity index (χ2v) is 9.29. The molecule has 1 fully saturated rings. The fraction of sp³-hybridized carbons (Fsp3) is 0.346. The van der Waals surface area contributed by atoms with Gasteiger partial charge in [0.15, 0.2) is 5.82 Å². The molecule has 2 aliphatic rings. The number of amides is 2. The van der Waals surface area contributed by atoms with Crippen molar-refractivity contribution < 1.29 is 14.4 Å². The van der Waals surface area contributed by atoms with E-state index in [2.05, 4.69) is 15.2 Å². The SMILES string of the molecule is NC(=O)C(=O)C(Cc1ccccc1)NC(=O)c1cccnc1-n1cc2c(n1)CCN(CC1CC1)C2. The Balaban J connectivity index is 1.37. The summed E-state index contributed by atoms with van der Waals surface area (Å²) >= 11 is 0. The molecular weight excluding hydrogens is 444 g/mol.